The van der Waals surface area contributed by atoms with Gasteiger partial charge in [0.25, 0.3) is 0 Å². The van der Waals surface area contributed by atoms with Gasteiger partial charge in [-0.05, 0) is 27.7 Å². The second-order valence-electron chi connectivity index (χ2n) is 4.00. The molecule has 0 saturated carbocycles. The molecule has 0 radical (unpaired) electrons. The smallest absolute Gasteiger partial charge is 0.323 e. The van der Waals surface area contributed by atoms with Crippen molar-refractivity contribution in [1.29, 1.82) is 0 Å². The highest BCUT2D eigenvalue weighted by atomic mass is 16.5. The molecule has 1 heterocycles. The summed E-state index contributed by atoms with van der Waals surface area (Å²) < 4.78 is 10.9. The van der Waals surface area contributed by atoms with Gasteiger partial charge < -0.3 is 9.47 Å². The molecule has 5 heteroatoms. The fourth-order valence-corrected chi connectivity index (χ4v) is 1.06. The van der Waals surface area contributed by atoms with Crippen molar-refractivity contribution in [2.24, 2.45) is 0 Å². The first-order chi connectivity index (χ1) is 7.51. The standard InChI is InChI=1S/C11H19N3O2/c1-6-9-12-10(15-7(2)3)14-11(13-9)16-8(4)5/h7-8H,6H2,1-5H3. The zero-order valence-electron chi connectivity index (χ0n) is 10.5. The molecule has 0 aromatic carbocycles. The van der Waals surface area contributed by atoms with Crippen molar-refractivity contribution in [1.82, 2.24) is 15.0 Å². The number of nitrogens with zero attached hydrogens (tertiary/aromatic N) is 3. The van der Waals surface area contributed by atoms with Crippen LogP contribution in [0.1, 0.15) is 40.4 Å². The van der Waals surface area contributed by atoms with E-state index in [-0.39, 0.29) is 12.2 Å². The lowest BCUT2D eigenvalue weighted by atomic mass is 10.4. The molecular weight excluding hydrogens is 206 g/mol. The van der Waals surface area contributed by atoms with Crippen molar-refractivity contribution in [3.63, 3.8) is 0 Å². The van der Waals surface area contributed by atoms with E-state index in [1.54, 1.807) is 0 Å². The molecule has 0 N–H and O–H groups in total. The molecular formula is C11H19N3O2. The van der Waals surface area contributed by atoms with Crippen LogP contribution in [0.5, 0.6) is 12.0 Å². The van der Waals surface area contributed by atoms with Crippen LogP contribution in [0.25, 0.3) is 0 Å². The molecule has 0 fully saturated rings. The summed E-state index contributed by atoms with van der Waals surface area (Å²) in [7, 11) is 0. The van der Waals surface area contributed by atoms with Gasteiger partial charge >= 0.3 is 12.0 Å². The van der Waals surface area contributed by atoms with E-state index in [1.165, 1.54) is 0 Å². The van der Waals surface area contributed by atoms with E-state index in [0.29, 0.717) is 17.8 Å². The maximum atomic E-state index is 5.44. The van der Waals surface area contributed by atoms with Crippen molar-refractivity contribution < 1.29 is 9.47 Å². The summed E-state index contributed by atoms with van der Waals surface area (Å²) in [6.45, 7) is 9.70. The number of rotatable bonds is 5. The van der Waals surface area contributed by atoms with Gasteiger partial charge in [-0.15, -0.1) is 4.98 Å². The van der Waals surface area contributed by atoms with Crippen LogP contribution in [0.15, 0.2) is 0 Å². The lowest BCUT2D eigenvalue weighted by Gasteiger charge is -2.11. The molecule has 0 spiro atoms. The first kappa shape index (κ1) is 12.7. The Balaban J connectivity index is 2.91. The Kier molecular flexibility index (Phi) is 4.46. The molecule has 1 aromatic rings. The van der Waals surface area contributed by atoms with Gasteiger partial charge in [0, 0.05) is 6.42 Å². The molecule has 90 valence electrons. The van der Waals surface area contributed by atoms with Gasteiger partial charge in [-0.1, -0.05) is 6.92 Å². The molecule has 5 nitrogen and oxygen atoms in total. The number of aryl methyl sites for hydroxylation is 1. The lowest BCUT2D eigenvalue weighted by Crippen LogP contribution is -2.14. The van der Waals surface area contributed by atoms with E-state index in [9.17, 15) is 0 Å². The summed E-state index contributed by atoms with van der Waals surface area (Å²) in [4.78, 5) is 12.4. The van der Waals surface area contributed by atoms with E-state index >= 15 is 0 Å². The highest BCUT2D eigenvalue weighted by Gasteiger charge is 2.09. The van der Waals surface area contributed by atoms with Gasteiger partial charge in [-0.3, -0.25) is 0 Å². The molecule has 0 atom stereocenters. The fraction of sp³-hybridized carbons (Fsp3) is 0.727. The molecule has 0 aliphatic rings. The minimum atomic E-state index is 0.0407. The third kappa shape index (κ3) is 4.00. The summed E-state index contributed by atoms with van der Waals surface area (Å²) in [5.41, 5.74) is 0. The van der Waals surface area contributed by atoms with Gasteiger partial charge in [0.15, 0.2) is 0 Å². The maximum Gasteiger partial charge on any atom is 0.323 e. The highest BCUT2D eigenvalue weighted by molar-refractivity contribution is 5.05. The second kappa shape index (κ2) is 5.63. The third-order valence-electron chi connectivity index (χ3n) is 1.64. The summed E-state index contributed by atoms with van der Waals surface area (Å²) in [5, 5.41) is 0. The Morgan fingerprint density at radius 2 is 1.31 bits per heavy atom. The van der Waals surface area contributed by atoms with Crippen LogP contribution in [-0.2, 0) is 6.42 Å². The van der Waals surface area contributed by atoms with Crippen LogP contribution < -0.4 is 9.47 Å². The molecule has 0 bridgehead atoms. The highest BCUT2D eigenvalue weighted by Crippen LogP contribution is 2.12. The van der Waals surface area contributed by atoms with Crippen LogP contribution in [0.3, 0.4) is 0 Å². The summed E-state index contributed by atoms with van der Waals surface area (Å²) >= 11 is 0. The average molecular weight is 225 g/mol. The van der Waals surface area contributed by atoms with Gasteiger partial charge in [-0.25, -0.2) is 0 Å². The topological polar surface area (TPSA) is 57.1 Å². The van der Waals surface area contributed by atoms with E-state index in [0.717, 1.165) is 6.42 Å². The molecule has 1 rings (SSSR count). The molecule has 0 unspecified atom stereocenters. The largest absolute Gasteiger partial charge is 0.461 e. The predicted molar refractivity (Wildman–Crippen MR) is 60.7 cm³/mol. The van der Waals surface area contributed by atoms with Crippen LogP contribution in [-0.4, -0.2) is 27.2 Å². The maximum absolute atomic E-state index is 5.44. The van der Waals surface area contributed by atoms with Gasteiger partial charge in [-0.2, -0.15) is 9.97 Å². The van der Waals surface area contributed by atoms with Crippen LogP contribution in [0.4, 0.5) is 0 Å². The lowest BCUT2D eigenvalue weighted by molar-refractivity contribution is 0.195. The second-order valence-corrected chi connectivity index (χ2v) is 4.00. The van der Waals surface area contributed by atoms with Crippen LogP contribution in [0.2, 0.25) is 0 Å². The Hall–Kier alpha value is -1.39. The number of ether oxygens (including phenoxy) is 2. The minimum Gasteiger partial charge on any atom is -0.461 e. The van der Waals surface area contributed by atoms with E-state index in [4.69, 9.17) is 9.47 Å². The van der Waals surface area contributed by atoms with E-state index in [1.807, 2.05) is 34.6 Å². The Bertz CT molecular complexity index is 312. The molecule has 1 aromatic heterocycles. The molecule has 0 saturated heterocycles. The van der Waals surface area contributed by atoms with Crippen molar-refractivity contribution in [3.8, 4) is 12.0 Å². The number of hydrogen-bond donors (Lipinski definition) is 0. The molecule has 16 heavy (non-hydrogen) atoms. The summed E-state index contributed by atoms with van der Waals surface area (Å²) in [6, 6.07) is 0.662. The summed E-state index contributed by atoms with van der Waals surface area (Å²) in [6.07, 6.45) is 0.809. The molecule has 0 aliphatic heterocycles. The zero-order valence-corrected chi connectivity index (χ0v) is 10.5. The summed E-state index contributed by atoms with van der Waals surface area (Å²) in [5.74, 6) is 0.682. The predicted octanol–water partition coefficient (Wildman–Crippen LogP) is 2.01. The average Bonchev–Trinajstić information content (AvgIpc) is 2.14. The Morgan fingerprint density at radius 3 is 1.62 bits per heavy atom. The monoisotopic (exact) mass is 225 g/mol. The molecule has 0 amide bonds. The SMILES string of the molecule is CCc1nc(OC(C)C)nc(OC(C)C)n1. The Morgan fingerprint density at radius 1 is 0.875 bits per heavy atom. The normalized spacial score (nSPS) is 10.9. The number of hydrogen-bond acceptors (Lipinski definition) is 5. The number of aromatic nitrogens is 3. The van der Waals surface area contributed by atoms with Crippen molar-refractivity contribution in [2.45, 2.75) is 53.2 Å². The fourth-order valence-electron chi connectivity index (χ4n) is 1.06. The quantitative estimate of drug-likeness (QED) is 0.767. The Labute approximate surface area is 96.2 Å². The molecule has 0 aliphatic carbocycles. The van der Waals surface area contributed by atoms with Gasteiger partial charge in [0.1, 0.15) is 5.82 Å². The first-order valence-corrected chi connectivity index (χ1v) is 5.59. The first-order valence-electron chi connectivity index (χ1n) is 5.59. The van der Waals surface area contributed by atoms with Gasteiger partial charge in [0.05, 0.1) is 12.2 Å². The van der Waals surface area contributed by atoms with Crippen LogP contribution in [0, 0.1) is 0 Å². The van der Waals surface area contributed by atoms with Crippen LogP contribution >= 0.6 is 0 Å². The zero-order chi connectivity index (χ0) is 12.1. The van der Waals surface area contributed by atoms with Crippen molar-refractivity contribution in [3.05, 3.63) is 5.82 Å². The van der Waals surface area contributed by atoms with Gasteiger partial charge in [0.2, 0.25) is 0 Å². The third-order valence-corrected chi connectivity index (χ3v) is 1.64. The van der Waals surface area contributed by atoms with Crippen molar-refractivity contribution in [2.75, 3.05) is 0 Å². The van der Waals surface area contributed by atoms with E-state index < -0.39 is 0 Å². The van der Waals surface area contributed by atoms with Crippen molar-refractivity contribution >= 4 is 0 Å². The van der Waals surface area contributed by atoms with E-state index in [2.05, 4.69) is 15.0 Å². The minimum absolute atomic E-state index is 0.0407.